The summed E-state index contributed by atoms with van der Waals surface area (Å²) in [5.74, 6) is 1.46. The van der Waals surface area contributed by atoms with Gasteiger partial charge in [0.15, 0.2) is 0 Å². The number of rotatable bonds is 6. The molecule has 1 fully saturated rings. The van der Waals surface area contributed by atoms with E-state index >= 15 is 0 Å². The molecule has 7 nitrogen and oxygen atoms in total. The van der Waals surface area contributed by atoms with E-state index in [9.17, 15) is 0 Å². The topological polar surface area (TPSA) is 22.7 Å². The molecule has 0 bridgehead atoms. The molecule has 0 saturated carbocycles. The third-order valence-corrected chi connectivity index (χ3v) is 8.62. The minimum absolute atomic E-state index is 0. The molecule has 0 aliphatic carbocycles. The smallest absolute Gasteiger partial charge is 0.0292 e. The second kappa shape index (κ2) is 12.0. The first-order valence-corrected chi connectivity index (χ1v) is 14.7. The number of anilines is 3. The zero-order valence-electron chi connectivity index (χ0n) is 23.8. The molecule has 1 radical (unpaired) electrons. The number of benzene rings is 3. The maximum atomic E-state index is 3.36. The van der Waals surface area contributed by atoms with Gasteiger partial charge in [-0.15, -0.1) is 17.4 Å². The Balaban J connectivity index is 0.00000300. The molecule has 1 saturated heterocycles. The Hall–Kier alpha value is -3.84. The Morgan fingerprint density at radius 2 is 1.47 bits per heavy atom. The van der Waals surface area contributed by atoms with Crippen LogP contribution in [0.2, 0.25) is 0 Å². The fourth-order valence-corrected chi connectivity index (χ4v) is 6.52. The molecule has 8 rings (SSSR count). The molecule has 3 aromatic rings. The predicted octanol–water partition coefficient (Wildman–Crippen LogP) is 5.20. The predicted molar refractivity (Wildman–Crippen MR) is 166 cm³/mol. The van der Waals surface area contributed by atoms with Crippen LogP contribution >= 0.6 is 0 Å². The van der Waals surface area contributed by atoms with E-state index in [1.165, 1.54) is 23.2 Å². The first-order chi connectivity index (χ1) is 20.8. The summed E-state index contributed by atoms with van der Waals surface area (Å²) < 4.78 is 0. The molecule has 0 N–H and O–H groups in total. The Kier molecular flexibility index (Phi) is 7.83. The number of hydrogen-bond donors (Lipinski definition) is 0. The van der Waals surface area contributed by atoms with Gasteiger partial charge in [-0.25, -0.2) is 0 Å². The van der Waals surface area contributed by atoms with E-state index in [4.69, 9.17) is 0 Å². The van der Waals surface area contributed by atoms with E-state index in [1.54, 1.807) is 0 Å². The van der Waals surface area contributed by atoms with Gasteiger partial charge in [-0.3, -0.25) is 12.0 Å². The van der Waals surface area contributed by atoms with E-state index < -0.39 is 0 Å². The first kappa shape index (κ1) is 28.0. The number of hydrogen-bond acceptors (Lipinski definition) is 7. The summed E-state index contributed by atoms with van der Waals surface area (Å²) in [6.07, 6.45) is 14.4. The molecule has 3 aromatic carbocycles. The van der Waals surface area contributed by atoms with Crippen molar-refractivity contribution >= 4 is 17.1 Å². The molecular formula is C35H33IrN7-6. The van der Waals surface area contributed by atoms with Crippen LogP contribution in [0.5, 0.6) is 0 Å². The summed E-state index contributed by atoms with van der Waals surface area (Å²) >= 11 is 0. The van der Waals surface area contributed by atoms with Crippen molar-refractivity contribution in [2.24, 2.45) is 0 Å². The van der Waals surface area contributed by atoms with E-state index in [2.05, 4.69) is 146 Å². The van der Waals surface area contributed by atoms with Crippen LogP contribution in [0.1, 0.15) is 12.0 Å². The molecule has 5 heterocycles. The van der Waals surface area contributed by atoms with Crippen LogP contribution in [0, 0.1) is 37.4 Å². The van der Waals surface area contributed by atoms with Gasteiger partial charge in [-0.2, -0.15) is 92.1 Å². The molecule has 1 atom stereocenters. The zero-order chi connectivity index (χ0) is 27.9. The van der Waals surface area contributed by atoms with Gasteiger partial charge < -0.3 is 34.3 Å². The van der Waals surface area contributed by atoms with Crippen LogP contribution < -0.4 is 14.7 Å². The third-order valence-electron chi connectivity index (χ3n) is 8.62. The molecule has 0 amide bonds. The minimum Gasteiger partial charge on any atom is -0.561 e. The normalized spacial score (nSPS) is 21.3. The summed E-state index contributed by atoms with van der Waals surface area (Å²) in [6.45, 7) is 9.37. The largest absolute Gasteiger partial charge is 0.561 e. The van der Waals surface area contributed by atoms with Crippen molar-refractivity contribution in [2.45, 2.75) is 12.6 Å². The maximum absolute atomic E-state index is 3.36. The molecule has 8 heteroatoms. The molecule has 5 aliphatic heterocycles. The minimum atomic E-state index is 0. The quantitative estimate of drug-likeness (QED) is 0.320. The van der Waals surface area contributed by atoms with Gasteiger partial charge in [0.05, 0.1) is 0 Å². The molecule has 1 unspecified atom stereocenters. The van der Waals surface area contributed by atoms with Crippen molar-refractivity contribution in [2.75, 3.05) is 47.4 Å². The van der Waals surface area contributed by atoms with Crippen molar-refractivity contribution in [3.63, 3.8) is 0 Å². The van der Waals surface area contributed by atoms with Gasteiger partial charge in [0.25, 0.3) is 0 Å². The van der Waals surface area contributed by atoms with Crippen molar-refractivity contribution < 1.29 is 20.1 Å². The van der Waals surface area contributed by atoms with Gasteiger partial charge in [-0.1, -0.05) is 17.8 Å². The monoisotopic (exact) mass is 744 g/mol. The van der Waals surface area contributed by atoms with Crippen molar-refractivity contribution in [1.82, 2.24) is 19.6 Å². The second-order valence-corrected chi connectivity index (χ2v) is 11.1. The summed E-state index contributed by atoms with van der Waals surface area (Å²) in [6, 6.07) is 33.0. The standard InChI is InChI=1S/C35H33N7.Ir/c1-3-9-29(10-4-1)39-22-20-37(27-39)18-17-36-16-15-32-34(41-24-23-40(28-41)30-11-5-2-6-12-30)31-13-7-8-14-33(31)42-26-25-38(21-19-36)35(32)42;/h1-9,11,13-14,20,22-28,35H,15-19,21H2;/q-6;. The fourth-order valence-electron chi connectivity index (χ4n) is 6.52. The van der Waals surface area contributed by atoms with Crippen LogP contribution in [-0.2, 0) is 20.1 Å². The Morgan fingerprint density at radius 1 is 0.721 bits per heavy atom. The summed E-state index contributed by atoms with van der Waals surface area (Å²) in [5, 5.41) is 0. The van der Waals surface area contributed by atoms with Crippen LogP contribution in [0.25, 0.3) is 0 Å². The Morgan fingerprint density at radius 3 is 2.26 bits per heavy atom. The molecule has 0 spiro atoms. The van der Waals surface area contributed by atoms with Gasteiger partial charge >= 0.3 is 0 Å². The fraction of sp³-hybridized carbons (Fsp3) is 0.200. The maximum Gasteiger partial charge on any atom is 0.0292 e. The van der Waals surface area contributed by atoms with Crippen LogP contribution in [0.3, 0.4) is 0 Å². The summed E-state index contributed by atoms with van der Waals surface area (Å²) in [5.41, 5.74) is 4.64. The van der Waals surface area contributed by atoms with Crippen molar-refractivity contribution in [1.29, 1.82) is 0 Å². The number of fused-ring (bicyclic) bond motifs is 2. The van der Waals surface area contributed by atoms with Crippen LogP contribution in [0.4, 0.5) is 17.1 Å². The van der Waals surface area contributed by atoms with E-state index in [1.807, 2.05) is 24.3 Å². The molecule has 5 aliphatic rings. The van der Waals surface area contributed by atoms with Crippen molar-refractivity contribution in [3.05, 3.63) is 153 Å². The van der Waals surface area contributed by atoms with Crippen LogP contribution in [-0.4, -0.2) is 58.5 Å². The number of para-hydroxylation sites is 3. The SMILES string of the molecule is [Ir].[c-]1ccccc1N1C=CN(CCN2CC[C-]3[C-](N4C=CN(c5[c-]cccc5)[CH-]4)c4ccccc4N4C=CN(CC2)C34)[CH-]1. The zero-order valence-corrected chi connectivity index (χ0v) is 26.2. The first-order valence-electron chi connectivity index (χ1n) is 14.7. The van der Waals surface area contributed by atoms with E-state index in [-0.39, 0.29) is 26.3 Å². The summed E-state index contributed by atoms with van der Waals surface area (Å²) in [7, 11) is 0. The molecule has 223 valence electrons. The molecule has 0 aromatic heterocycles. The number of nitrogens with zero attached hydrogens (tertiary/aromatic N) is 7. The van der Waals surface area contributed by atoms with Gasteiger partial charge in [0.2, 0.25) is 0 Å². The average Bonchev–Trinajstić information content (AvgIpc) is 3.81. The van der Waals surface area contributed by atoms with E-state index in [0.29, 0.717) is 0 Å². The van der Waals surface area contributed by atoms with Gasteiger partial charge in [0, 0.05) is 58.7 Å². The van der Waals surface area contributed by atoms with Crippen LogP contribution in [0.15, 0.2) is 110 Å². The molecular weight excluding hydrogens is 711 g/mol. The second-order valence-electron chi connectivity index (χ2n) is 11.1. The third kappa shape index (κ3) is 5.29. The summed E-state index contributed by atoms with van der Waals surface area (Å²) in [4.78, 5) is 16.5. The average molecular weight is 744 g/mol. The van der Waals surface area contributed by atoms with Crippen molar-refractivity contribution in [3.8, 4) is 0 Å². The van der Waals surface area contributed by atoms with E-state index in [0.717, 1.165) is 50.5 Å². The van der Waals surface area contributed by atoms with Gasteiger partial charge in [-0.05, 0) is 37.5 Å². The Bertz CT molecular complexity index is 1480. The molecule has 43 heavy (non-hydrogen) atoms. The Labute approximate surface area is 268 Å². The van der Waals surface area contributed by atoms with Gasteiger partial charge in [0.1, 0.15) is 0 Å².